The minimum atomic E-state index is 0.0221. The number of hydrogen-bond acceptors (Lipinski definition) is 3. The molecular formula is C12H16BrNO2. The van der Waals surface area contributed by atoms with E-state index in [1.54, 1.807) is 0 Å². The summed E-state index contributed by atoms with van der Waals surface area (Å²) >= 11 is 3.53. The van der Waals surface area contributed by atoms with Gasteiger partial charge in [-0.3, -0.25) is 0 Å². The van der Waals surface area contributed by atoms with Crippen molar-refractivity contribution in [2.24, 2.45) is 11.7 Å². The monoisotopic (exact) mass is 285 g/mol. The van der Waals surface area contributed by atoms with Crippen molar-refractivity contribution >= 4 is 15.9 Å². The van der Waals surface area contributed by atoms with E-state index in [-0.39, 0.29) is 6.04 Å². The molecule has 1 aromatic rings. The van der Waals surface area contributed by atoms with Gasteiger partial charge in [-0.1, -0.05) is 36.2 Å². The Labute approximate surface area is 104 Å². The van der Waals surface area contributed by atoms with Crippen LogP contribution in [-0.4, -0.2) is 6.79 Å². The SMILES string of the molecule is CCC(C)[C@H](N)c1cc2c(cc1Br)OCO2. The second-order valence-electron chi connectivity index (χ2n) is 4.14. The molecule has 1 unspecified atom stereocenters. The number of nitrogens with two attached hydrogens (primary N) is 1. The third kappa shape index (κ3) is 2.04. The average Bonchev–Trinajstić information content (AvgIpc) is 2.72. The topological polar surface area (TPSA) is 44.5 Å². The molecule has 1 aliphatic heterocycles. The zero-order valence-electron chi connectivity index (χ0n) is 9.50. The summed E-state index contributed by atoms with van der Waals surface area (Å²) in [5.41, 5.74) is 7.30. The van der Waals surface area contributed by atoms with E-state index in [1.165, 1.54) is 0 Å². The predicted molar refractivity (Wildman–Crippen MR) is 66.6 cm³/mol. The highest BCUT2D eigenvalue weighted by Gasteiger charge is 2.21. The molecule has 16 heavy (non-hydrogen) atoms. The minimum Gasteiger partial charge on any atom is -0.454 e. The standard InChI is InChI=1S/C12H16BrNO2/c1-3-7(2)12(14)8-4-10-11(5-9(8)13)16-6-15-10/h4-5,7,12H,3,6,14H2,1-2H3/t7?,12-/m0/s1. The molecule has 4 heteroatoms. The molecule has 0 saturated heterocycles. The molecule has 2 N–H and O–H groups in total. The van der Waals surface area contributed by atoms with Crippen LogP contribution in [0.5, 0.6) is 11.5 Å². The van der Waals surface area contributed by atoms with E-state index in [2.05, 4.69) is 29.8 Å². The Morgan fingerprint density at radius 1 is 1.38 bits per heavy atom. The van der Waals surface area contributed by atoms with Gasteiger partial charge in [0.2, 0.25) is 6.79 Å². The van der Waals surface area contributed by atoms with Crippen molar-refractivity contribution in [3.63, 3.8) is 0 Å². The highest BCUT2D eigenvalue weighted by atomic mass is 79.9. The van der Waals surface area contributed by atoms with Gasteiger partial charge in [-0.2, -0.15) is 0 Å². The molecule has 0 spiro atoms. The zero-order valence-corrected chi connectivity index (χ0v) is 11.1. The third-order valence-electron chi connectivity index (χ3n) is 3.11. The molecule has 0 amide bonds. The molecule has 0 aliphatic carbocycles. The first-order valence-corrected chi connectivity index (χ1v) is 6.27. The van der Waals surface area contributed by atoms with Gasteiger partial charge in [0.1, 0.15) is 0 Å². The van der Waals surface area contributed by atoms with Crippen LogP contribution in [0.1, 0.15) is 31.9 Å². The fraction of sp³-hybridized carbons (Fsp3) is 0.500. The number of fused-ring (bicyclic) bond motifs is 1. The number of hydrogen-bond donors (Lipinski definition) is 1. The molecule has 0 fully saturated rings. The van der Waals surface area contributed by atoms with Gasteiger partial charge in [0.15, 0.2) is 11.5 Å². The third-order valence-corrected chi connectivity index (χ3v) is 3.79. The number of halogens is 1. The Kier molecular flexibility index (Phi) is 3.40. The Hall–Kier alpha value is -0.740. The summed E-state index contributed by atoms with van der Waals surface area (Å²) in [5.74, 6) is 2.01. The van der Waals surface area contributed by atoms with Crippen molar-refractivity contribution in [2.75, 3.05) is 6.79 Å². The summed E-state index contributed by atoms with van der Waals surface area (Å²) in [6.07, 6.45) is 1.06. The molecule has 2 rings (SSSR count). The Morgan fingerprint density at radius 2 is 2.00 bits per heavy atom. The van der Waals surface area contributed by atoms with Gasteiger partial charge >= 0.3 is 0 Å². The van der Waals surface area contributed by atoms with Crippen LogP contribution in [0.15, 0.2) is 16.6 Å². The number of rotatable bonds is 3. The first-order chi connectivity index (χ1) is 7.63. The van der Waals surface area contributed by atoms with Crippen LogP contribution in [0.3, 0.4) is 0 Å². The highest BCUT2D eigenvalue weighted by Crippen LogP contribution is 2.40. The lowest BCUT2D eigenvalue weighted by Crippen LogP contribution is -2.18. The first-order valence-electron chi connectivity index (χ1n) is 5.48. The summed E-state index contributed by atoms with van der Waals surface area (Å²) < 4.78 is 11.7. The van der Waals surface area contributed by atoms with E-state index in [9.17, 15) is 0 Å². The lowest BCUT2D eigenvalue weighted by Gasteiger charge is -2.20. The summed E-state index contributed by atoms with van der Waals surface area (Å²) in [4.78, 5) is 0. The van der Waals surface area contributed by atoms with Crippen LogP contribution in [0.4, 0.5) is 0 Å². The predicted octanol–water partition coefficient (Wildman–Crippen LogP) is 3.22. The molecular weight excluding hydrogens is 270 g/mol. The maximum Gasteiger partial charge on any atom is 0.231 e. The van der Waals surface area contributed by atoms with Crippen molar-refractivity contribution in [3.05, 3.63) is 22.2 Å². The van der Waals surface area contributed by atoms with Crippen molar-refractivity contribution in [1.29, 1.82) is 0 Å². The largest absolute Gasteiger partial charge is 0.454 e. The van der Waals surface area contributed by atoms with Gasteiger partial charge in [0.05, 0.1) is 0 Å². The van der Waals surface area contributed by atoms with E-state index in [0.29, 0.717) is 12.7 Å². The lowest BCUT2D eigenvalue weighted by molar-refractivity contribution is 0.174. The zero-order chi connectivity index (χ0) is 11.7. The fourth-order valence-electron chi connectivity index (χ4n) is 1.75. The minimum absolute atomic E-state index is 0.0221. The van der Waals surface area contributed by atoms with E-state index < -0.39 is 0 Å². The van der Waals surface area contributed by atoms with Crippen LogP contribution < -0.4 is 15.2 Å². The van der Waals surface area contributed by atoms with E-state index in [1.807, 2.05) is 12.1 Å². The molecule has 3 nitrogen and oxygen atoms in total. The Morgan fingerprint density at radius 3 is 2.62 bits per heavy atom. The highest BCUT2D eigenvalue weighted by molar-refractivity contribution is 9.10. The van der Waals surface area contributed by atoms with Crippen LogP contribution in [0, 0.1) is 5.92 Å². The first kappa shape index (κ1) is 11.7. The molecule has 1 aromatic carbocycles. The van der Waals surface area contributed by atoms with Crippen molar-refractivity contribution in [2.45, 2.75) is 26.3 Å². The Bertz CT molecular complexity index is 395. The number of benzene rings is 1. The second kappa shape index (κ2) is 4.63. The second-order valence-corrected chi connectivity index (χ2v) is 4.99. The maximum atomic E-state index is 6.22. The molecule has 88 valence electrons. The lowest BCUT2D eigenvalue weighted by atomic mass is 9.93. The fourth-order valence-corrected chi connectivity index (χ4v) is 2.34. The van der Waals surface area contributed by atoms with Crippen molar-refractivity contribution < 1.29 is 9.47 Å². The smallest absolute Gasteiger partial charge is 0.231 e. The van der Waals surface area contributed by atoms with Crippen molar-refractivity contribution in [3.8, 4) is 11.5 Å². The van der Waals surface area contributed by atoms with Crippen LogP contribution in [0.25, 0.3) is 0 Å². The van der Waals surface area contributed by atoms with E-state index >= 15 is 0 Å². The molecule has 0 saturated carbocycles. The molecule has 1 aliphatic rings. The van der Waals surface area contributed by atoms with Gasteiger partial charge in [-0.25, -0.2) is 0 Å². The van der Waals surface area contributed by atoms with Crippen LogP contribution in [-0.2, 0) is 0 Å². The normalized spacial score (nSPS) is 17.2. The average molecular weight is 286 g/mol. The molecule has 0 radical (unpaired) electrons. The van der Waals surface area contributed by atoms with Gasteiger partial charge in [-0.05, 0) is 23.6 Å². The van der Waals surface area contributed by atoms with E-state index in [0.717, 1.165) is 28.0 Å². The molecule has 0 bridgehead atoms. The summed E-state index contributed by atoms with van der Waals surface area (Å²) in [7, 11) is 0. The van der Waals surface area contributed by atoms with Gasteiger partial charge in [0.25, 0.3) is 0 Å². The van der Waals surface area contributed by atoms with Gasteiger partial charge in [-0.15, -0.1) is 0 Å². The number of ether oxygens (including phenoxy) is 2. The molecule has 1 heterocycles. The van der Waals surface area contributed by atoms with Gasteiger partial charge < -0.3 is 15.2 Å². The maximum absolute atomic E-state index is 6.22. The van der Waals surface area contributed by atoms with E-state index in [4.69, 9.17) is 15.2 Å². The summed E-state index contributed by atoms with van der Waals surface area (Å²) in [5, 5.41) is 0. The quantitative estimate of drug-likeness (QED) is 0.927. The molecule has 0 aromatic heterocycles. The van der Waals surface area contributed by atoms with Gasteiger partial charge in [0, 0.05) is 10.5 Å². The molecule has 2 atom stereocenters. The van der Waals surface area contributed by atoms with Crippen molar-refractivity contribution in [1.82, 2.24) is 0 Å². The van der Waals surface area contributed by atoms with Crippen LogP contribution >= 0.6 is 15.9 Å². The summed E-state index contributed by atoms with van der Waals surface area (Å²) in [6, 6.07) is 3.93. The summed E-state index contributed by atoms with van der Waals surface area (Å²) in [6.45, 7) is 4.59. The van der Waals surface area contributed by atoms with Crippen LogP contribution in [0.2, 0.25) is 0 Å². The Balaban J connectivity index is 2.34.